The molecule has 1 aromatic carbocycles. The number of amides is 1. The fourth-order valence-electron chi connectivity index (χ4n) is 1.59. The summed E-state index contributed by atoms with van der Waals surface area (Å²) in [5.74, 6) is -0.343. The fourth-order valence-corrected chi connectivity index (χ4v) is 2.37. The van der Waals surface area contributed by atoms with Gasteiger partial charge in [-0.1, -0.05) is 48.1 Å². The zero-order valence-corrected chi connectivity index (χ0v) is 12.4. The highest BCUT2D eigenvalue weighted by molar-refractivity contribution is 7.15. The van der Waals surface area contributed by atoms with E-state index in [2.05, 4.69) is 46.7 Å². The van der Waals surface area contributed by atoms with Crippen molar-refractivity contribution in [2.45, 2.75) is 20.3 Å². The molecule has 106 valence electrons. The van der Waals surface area contributed by atoms with Crippen molar-refractivity contribution in [3.8, 4) is 0 Å². The van der Waals surface area contributed by atoms with Crippen molar-refractivity contribution >= 4 is 22.4 Å². The van der Waals surface area contributed by atoms with Crippen LogP contribution in [0.15, 0.2) is 24.3 Å². The average Bonchev–Trinajstić information content (AvgIpc) is 2.87. The molecule has 6 heteroatoms. The minimum absolute atomic E-state index is 0.120. The molecule has 1 amide bonds. The van der Waals surface area contributed by atoms with E-state index in [0.29, 0.717) is 11.7 Å². The standard InChI is InChI=1S/C14H18N4OS/c1-9-3-5-11(6-4-9)7-12-17-18-14(20-12)16-13(19)10(2)8-15/h3-6,10H,7-8,15H2,1-2H3,(H,16,18,19). The molecular formula is C14H18N4OS. The van der Waals surface area contributed by atoms with Crippen LogP contribution in [0.1, 0.15) is 23.1 Å². The number of carbonyl (C=O) groups excluding carboxylic acids is 1. The molecule has 3 N–H and O–H groups in total. The molecule has 1 atom stereocenters. The van der Waals surface area contributed by atoms with Gasteiger partial charge in [0.25, 0.3) is 0 Å². The molecule has 2 rings (SSSR count). The van der Waals surface area contributed by atoms with Crippen LogP contribution in [0.25, 0.3) is 0 Å². The zero-order valence-electron chi connectivity index (χ0n) is 11.6. The number of nitrogens with one attached hydrogen (secondary N) is 1. The molecule has 1 aromatic heterocycles. The molecule has 0 saturated heterocycles. The summed E-state index contributed by atoms with van der Waals surface area (Å²) in [4.78, 5) is 11.7. The van der Waals surface area contributed by atoms with Crippen LogP contribution in [0.4, 0.5) is 5.13 Å². The maximum Gasteiger partial charge on any atom is 0.230 e. The number of carbonyl (C=O) groups is 1. The lowest BCUT2D eigenvalue weighted by molar-refractivity contribution is -0.119. The average molecular weight is 290 g/mol. The van der Waals surface area contributed by atoms with Crippen LogP contribution in [-0.2, 0) is 11.2 Å². The second kappa shape index (κ2) is 6.58. The summed E-state index contributed by atoms with van der Waals surface area (Å²) in [7, 11) is 0. The second-order valence-corrected chi connectivity index (χ2v) is 5.85. The summed E-state index contributed by atoms with van der Waals surface area (Å²) in [6.45, 7) is 4.16. The van der Waals surface area contributed by atoms with Crippen LogP contribution < -0.4 is 11.1 Å². The van der Waals surface area contributed by atoms with Crippen LogP contribution in [0, 0.1) is 12.8 Å². The Morgan fingerprint density at radius 2 is 2.05 bits per heavy atom. The number of hydrogen-bond acceptors (Lipinski definition) is 5. The molecule has 0 fully saturated rings. The second-order valence-electron chi connectivity index (χ2n) is 4.79. The van der Waals surface area contributed by atoms with E-state index in [9.17, 15) is 4.79 Å². The SMILES string of the molecule is Cc1ccc(Cc2nnc(NC(=O)C(C)CN)s2)cc1. The number of aryl methyl sites for hydroxylation is 1. The van der Waals surface area contributed by atoms with Gasteiger partial charge in [-0.15, -0.1) is 10.2 Å². The number of nitrogens with two attached hydrogens (primary N) is 1. The number of anilines is 1. The number of hydrogen-bond donors (Lipinski definition) is 2. The molecule has 5 nitrogen and oxygen atoms in total. The van der Waals surface area contributed by atoms with Crippen molar-refractivity contribution in [1.29, 1.82) is 0 Å². The largest absolute Gasteiger partial charge is 0.330 e. The van der Waals surface area contributed by atoms with Crippen molar-refractivity contribution in [1.82, 2.24) is 10.2 Å². The van der Waals surface area contributed by atoms with Crippen molar-refractivity contribution in [2.75, 3.05) is 11.9 Å². The molecule has 0 radical (unpaired) electrons. The Bertz CT molecular complexity index is 579. The molecule has 0 aliphatic heterocycles. The van der Waals surface area contributed by atoms with Crippen molar-refractivity contribution in [3.05, 3.63) is 40.4 Å². The summed E-state index contributed by atoms with van der Waals surface area (Å²) < 4.78 is 0. The quantitative estimate of drug-likeness (QED) is 0.882. The Morgan fingerprint density at radius 1 is 1.35 bits per heavy atom. The van der Waals surface area contributed by atoms with Crippen LogP contribution >= 0.6 is 11.3 Å². The molecule has 0 bridgehead atoms. The van der Waals surface area contributed by atoms with Crippen LogP contribution in [0.2, 0.25) is 0 Å². The van der Waals surface area contributed by atoms with E-state index in [1.807, 2.05) is 0 Å². The summed E-state index contributed by atoms with van der Waals surface area (Å²) in [6.07, 6.45) is 0.722. The first-order valence-corrected chi connectivity index (χ1v) is 7.29. The van der Waals surface area contributed by atoms with E-state index >= 15 is 0 Å². The van der Waals surface area contributed by atoms with E-state index in [1.54, 1.807) is 6.92 Å². The molecular weight excluding hydrogens is 272 g/mol. The molecule has 2 aromatic rings. The number of aromatic nitrogens is 2. The van der Waals surface area contributed by atoms with Gasteiger partial charge >= 0.3 is 0 Å². The van der Waals surface area contributed by atoms with Gasteiger partial charge < -0.3 is 11.1 Å². The molecule has 1 heterocycles. The van der Waals surface area contributed by atoms with Gasteiger partial charge in [0.15, 0.2) is 0 Å². The monoisotopic (exact) mass is 290 g/mol. The Kier molecular flexibility index (Phi) is 4.81. The van der Waals surface area contributed by atoms with Gasteiger partial charge in [0.1, 0.15) is 5.01 Å². The van der Waals surface area contributed by atoms with Gasteiger partial charge in [0.2, 0.25) is 11.0 Å². The van der Waals surface area contributed by atoms with Gasteiger partial charge in [-0.05, 0) is 12.5 Å². The molecule has 0 spiro atoms. The van der Waals surface area contributed by atoms with E-state index in [-0.39, 0.29) is 11.8 Å². The number of benzene rings is 1. The minimum Gasteiger partial charge on any atom is -0.330 e. The van der Waals surface area contributed by atoms with E-state index in [4.69, 9.17) is 5.73 Å². The summed E-state index contributed by atoms with van der Waals surface area (Å²) in [6, 6.07) is 8.29. The van der Waals surface area contributed by atoms with Crippen LogP contribution in [-0.4, -0.2) is 22.6 Å². The van der Waals surface area contributed by atoms with E-state index in [1.165, 1.54) is 22.5 Å². The zero-order chi connectivity index (χ0) is 14.5. The lowest BCUT2D eigenvalue weighted by atomic mass is 10.1. The molecule has 20 heavy (non-hydrogen) atoms. The lowest BCUT2D eigenvalue weighted by Gasteiger charge is -2.06. The number of rotatable bonds is 5. The van der Waals surface area contributed by atoms with Gasteiger partial charge in [-0.2, -0.15) is 0 Å². The van der Waals surface area contributed by atoms with Crippen molar-refractivity contribution in [3.63, 3.8) is 0 Å². The Labute approximate surface area is 122 Å². The molecule has 1 unspecified atom stereocenters. The normalized spacial score (nSPS) is 12.2. The highest BCUT2D eigenvalue weighted by atomic mass is 32.1. The fraction of sp³-hybridized carbons (Fsp3) is 0.357. The third-order valence-electron chi connectivity index (χ3n) is 2.97. The third-order valence-corrected chi connectivity index (χ3v) is 3.81. The first-order valence-electron chi connectivity index (χ1n) is 6.47. The predicted molar refractivity (Wildman–Crippen MR) is 80.7 cm³/mol. The Balaban J connectivity index is 1.98. The lowest BCUT2D eigenvalue weighted by Crippen LogP contribution is -2.26. The molecule has 0 aliphatic carbocycles. The van der Waals surface area contributed by atoms with Crippen molar-refractivity contribution < 1.29 is 4.79 Å². The van der Waals surface area contributed by atoms with Gasteiger partial charge in [0.05, 0.1) is 0 Å². The van der Waals surface area contributed by atoms with Gasteiger partial charge in [-0.25, -0.2) is 0 Å². The van der Waals surface area contributed by atoms with Crippen molar-refractivity contribution in [2.24, 2.45) is 11.7 Å². The maximum atomic E-state index is 11.7. The van der Waals surface area contributed by atoms with E-state index in [0.717, 1.165) is 11.4 Å². The van der Waals surface area contributed by atoms with E-state index < -0.39 is 0 Å². The molecule has 0 aliphatic rings. The summed E-state index contributed by atoms with van der Waals surface area (Å²) in [5, 5.41) is 12.2. The predicted octanol–water partition coefficient (Wildman–Crippen LogP) is 1.97. The smallest absolute Gasteiger partial charge is 0.230 e. The summed E-state index contributed by atoms with van der Waals surface area (Å²) >= 11 is 1.39. The minimum atomic E-state index is -0.223. The van der Waals surface area contributed by atoms with Crippen LogP contribution in [0.5, 0.6) is 0 Å². The highest BCUT2D eigenvalue weighted by Crippen LogP contribution is 2.19. The maximum absolute atomic E-state index is 11.7. The molecule has 0 saturated carbocycles. The summed E-state index contributed by atoms with van der Waals surface area (Å²) in [5.41, 5.74) is 7.86. The Hall–Kier alpha value is -1.79. The first-order chi connectivity index (χ1) is 9.58. The van der Waals surface area contributed by atoms with Gasteiger partial charge in [0, 0.05) is 18.9 Å². The van der Waals surface area contributed by atoms with Gasteiger partial charge in [-0.3, -0.25) is 4.79 Å². The Morgan fingerprint density at radius 3 is 2.70 bits per heavy atom. The number of nitrogens with zero attached hydrogens (tertiary/aromatic N) is 2. The topological polar surface area (TPSA) is 80.9 Å². The first kappa shape index (κ1) is 14.6. The van der Waals surface area contributed by atoms with Crippen LogP contribution in [0.3, 0.4) is 0 Å². The third kappa shape index (κ3) is 3.85. The highest BCUT2D eigenvalue weighted by Gasteiger charge is 2.13.